The van der Waals surface area contributed by atoms with Gasteiger partial charge < -0.3 is 25.1 Å². The van der Waals surface area contributed by atoms with Crippen molar-refractivity contribution in [2.75, 3.05) is 27.2 Å². The number of nitrogens with one attached hydrogen (secondary N) is 1. The lowest BCUT2D eigenvalue weighted by Crippen LogP contribution is -2.58. The van der Waals surface area contributed by atoms with Gasteiger partial charge in [0.05, 0.1) is 11.6 Å². The van der Waals surface area contributed by atoms with Crippen LogP contribution in [0.1, 0.15) is 81.8 Å². The zero-order valence-corrected chi connectivity index (χ0v) is 26.6. The van der Waals surface area contributed by atoms with Crippen LogP contribution in [0.25, 0.3) is 0 Å². The molecule has 1 atom stereocenters. The lowest BCUT2D eigenvalue weighted by molar-refractivity contribution is -0.135. The number of likely N-dealkylation sites (tertiary alicyclic amines) is 1. The Balaban J connectivity index is 1.24. The number of halogens is 1. The summed E-state index contributed by atoms with van der Waals surface area (Å²) in [5.74, 6) is 0.125. The van der Waals surface area contributed by atoms with E-state index in [9.17, 15) is 14.7 Å². The van der Waals surface area contributed by atoms with Crippen molar-refractivity contribution in [1.82, 2.24) is 20.0 Å². The molecule has 3 fully saturated rings. The molecule has 1 aliphatic heterocycles. The first kappa shape index (κ1) is 31.8. The molecule has 0 radical (unpaired) electrons. The van der Waals surface area contributed by atoms with E-state index >= 15 is 0 Å². The third kappa shape index (κ3) is 7.92. The number of rotatable bonds is 8. The van der Waals surface area contributed by atoms with Gasteiger partial charge in [0.25, 0.3) is 0 Å². The molecular formula is C35H49ClN4O3. The summed E-state index contributed by atoms with van der Waals surface area (Å²) in [7, 11) is 3.69. The zero-order chi connectivity index (χ0) is 30.4. The quantitative estimate of drug-likeness (QED) is 0.387. The predicted molar refractivity (Wildman–Crippen MR) is 172 cm³/mol. The summed E-state index contributed by atoms with van der Waals surface area (Å²) in [4.78, 5) is 33.3. The fourth-order valence-electron chi connectivity index (χ4n) is 7.44. The third-order valence-electron chi connectivity index (χ3n) is 9.95. The average molecular weight is 609 g/mol. The normalized spacial score (nSPS) is 24.4. The molecule has 5 rings (SSSR count). The highest BCUT2D eigenvalue weighted by atomic mass is 35.5. The molecule has 0 spiro atoms. The molecular weight excluding hydrogens is 560 g/mol. The van der Waals surface area contributed by atoms with Crippen molar-refractivity contribution in [3.63, 3.8) is 0 Å². The molecule has 3 aliphatic rings. The molecule has 8 heteroatoms. The second kappa shape index (κ2) is 14.4. The van der Waals surface area contributed by atoms with Crippen molar-refractivity contribution in [2.45, 2.75) is 107 Å². The number of hydrogen-bond acceptors (Lipinski definition) is 4. The number of amides is 3. The Morgan fingerprint density at radius 3 is 2.12 bits per heavy atom. The van der Waals surface area contributed by atoms with Gasteiger partial charge in [-0.1, -0.05) is 73.3 Å². The highest BCUT2D eigenvalue weighted by molar-refractivity contribution is 6.30. The third-order valence-corrected chi connectivity index (χ3v) is 10.2. The van der Waals surface area contributed by atoms with Crippen molar-refractivity contribution < 1.29 is 14.7 Å². The van der Waals surface area contributed by atoms with E-state index in [0.717, 1.165) is 49.7 Å². The van der Waals surface area contributed by atoms with Crippen molar-refractivity contribution in [3.8, 4) is 0 Å². The maximum Gasteiger partial charge on any atom is 0.319 e. The van der Waals surface area contributed by atoms with Crippen LogP contribution in [0.15, 0.2) is 54.6 Å². The highest BCUT2D eigenvalue weighted by Crippen LogP contribution is 2.37. The molecule has 0 aromatic heterocycles. The van der Waals surface area contributed by atoms with Crippen LogP contribution in [0.5, 0.6) is 0 Å². The summed E-state index contributed by atoms with van der Waals surface area (Å²) in [5.41, 5.74) is 1.23. The van der Waals surface area contributed by atoms with Crippen LogP contribution in [0.3, 0.4) is 0 Å². The van der Waals surface area contributed by atoms with Gasteiger partial charge in [0, 0.05) is 50.3 Å². The van der Waals surface area contributed by atoms with Crippen LogP contribution in [-0.4, -0.2) is 83.1 Å². The standard InChI is InChI=1S/C35H49ClN4O3/c1-38(2)34(42)40(30-11-7-4-8-12-30)31-19-23-39(24-20-31)33(41)32(25-26-13-15-28(36)16-14-26)37-29-17-21-35(43,22-18-29)27-9-5-3-6-10-27/h3,5-6,9-10,13-16,29-32,37,43H,4,7-8,11-12,17-25H2,1-2H3/t29-,32-,35-/m1/s1. The first-order valence-electron chi connectivity index (χ1n) is 16.3. The molecule has 2 aliphatic carbocycles. The van der Waals surface area contributed by atoms with Crippen LogP contribution in [-0.2, 0) is 16.8 Å². The van der Waals surface area contributed by atoms with Gasteiger partial charge in [-0.05, 0) is 81.0 Å². The molecule has 0 bridgehead atoms. The molecule has 43 heavy (non-hydrogen) atoms. The van der Waals surface area contributed by atoms with Gasteiger partial charge in [-0.15, -0.1) is 0 Å². The number of nitrogens with zero attached hydrogens (tertiary/aromatic N) is 3. The maximum absolute atomic E-state index is 14.1. The number of piperidine rings is 1. The summed E-state index contributed by atoms with van der Waals surface area (Å²) in [6.45, 7) is 1.31. The predicted octanol–water partition coefficient (Wildman–Crippen LogP) is 5.98. The van der Waals surface area contributed by atoms with E-state index in [4.69, 9.17) is 11.6 Å². The maximum atomic E-state index is 14.1. The fraction of sp³-hybridized carbons (Fsp3) is 0.600. The van der Waals surface area contributed by atoms with Crippen LogP contribution < -0.4 is 5.32 Å². The molecule has 2 aromatic carbocycles. The van der Waals surface area contributed by atoms with Gasteiger partial charge in [-0.2, -0.15) is 0 Å². The molecule has 2 saturated carbocycles. The Morgan fingerprint density at radius 2 is 1.51 bits per heavy atom. The Hall–Kier alpha value is -2.61. The smallest absolute Gasteiger partial charge is 0.319 e. The average Bonchev–Trinajstić information content (AvgIpc) is 3.04. The summed E-state index contributed by atoms with van der Waals surface area (Å²) in [6, 6.07) is 18.1. The summed E-state index contributed by atoms with van der Waals surface area (Å²) < 4.78 is 0. The largest absolute Gasteiger partial charge is 0.385 e. The zero-order valence-electron chi connectivity index (χ0n) is 25.9. The van der Waals surface area contributed by atoms with Crippen LogP contribution >= 0.6 is 11.6 Å². The molecule has 3 amide bonds. The van der Waals surface area contributed by atoms with Gasteiger partial charge in [0.1, 0.15) is 0 Å². The summed E-state index contributed by atoms with van der Waals surface area (Å²) in [6.07, 6.45) is 10.9. The van der Waals surface area contributed by atoms with Crippen LogP contribution in [0, 0.1) is 0 Å². The Kier molecular flexibility index (Phi) is 10.7. The van der Waals surface area contributed by atoms with E-state index in [0.29, 0.717) is 43.4 Å². The van der Waals surface area contributed by atoms with Crippen molar-refractivity contribution >= 4 is 23.5 Å². The van der Waals surface area contributed by atoms with E-state index < -0.39 is 5.60 Å². The van der Waals surface area contributed by atoms with Crippen LogP contribution in [0.4, 0.5) is 4.79 Å². The number of hydrogen-bond donors (Lipinski definition) is 2. The summed E-state index contributed by atoms with van der Waals surface area (Å²) >= 11 is 6.16. The Bertz CT molecular complexity index is 1190. The van der Waals surface area contributed by atoms with E-state index in [1.165, 1.54) is 19.3 Å². The molecule has 7 nitrogen and oxygen atoms in total. The van der Waals surface area contributed by atoms with Crippen LogP contribution in [0.2, 0.25) is 5.02 Å². The van der Waals surface area contributed by atoms with Crippen molar-refractivity contribution in [2.24, 2.45) is 0 Å². The number of benzene rings is 2. The van der Waals surface area contributed by atoms with Crippen molar-refractivity contribution in [1.29, 1.82) is 0 Å². The summed E-state index contributed by atoms with van der Waals surface area (Å²) in [5, 5.41) is 15.8. The van der Waals surface area contributed by atoms with E-state index in [-0.39, 0.29) is 30.1 Å². The SMILES string of the molecule is CN(C)C(=O)N(C1CCCCC1)C1CCN(C(=O)[C@@H](Cc2ccc(Cl)cc2)N[C@H]2CC[C@@](O)(c3ccccc3)CC2)CC1. The molecule has 1 heterocycles. The first-order valence-corrected chi connectivity index (χ1v) is 16.7. The molecule has 2 N–H and O–H groups in total. The number of urea groups is 1. The lowest BCUT2D eigenvalue weighted by atomic mass is 9.77. The number of carbonyl (C=O) groups is 2. The van der Waals surface area contributed by atoms with Crippen molar-refractivity contribution in [3.05, 3.63) is 70.7 Å². The number of carbonyl (C=O) groups excluding carboxylic acids is 2. The minimum Gasteiger partial charge on any atom is -0.385 e. The minimum absolute atomic E-state index is 0.103. The van der Waals surface area contributed by atoms with Gasteiger partial charge in [-0.25, -0.2) is 4.79 Å². The molecule has 2 aromatic rings. The monoisotopic (exact) mass is 608 g/mol. The first-order chi connectivity index (χ1) is 20.7. The van der Waals surface area contributed by atoms with E-state index in [1.54, 1.807) is 4.90 Å². The van der Waals surface area contributed by atoms with Gasteiger partial charge >= 0.3 is 6.03 Å². The molecule has 1 saturated heterocycles. The minimum atomic E-state index is -0.814. The van der Waals surface area contributed by atoms with E-state index in [2.05, 4.69) is 10.2 Å². The molecule has 0 unspecified atom stereocenters. The second-order valence-corrected chi connectivity index (χ2v) is 13.6. The topological polar surface area (TPSA) is 76.1 Å². The Morgan fingerprint density at radius 1 is 0.907 bits per heavy atom. The number of aliphatic hydroxyl groups is 1. The Labute approximate surface area is 262 Å². The van der Waals surface area contributed by atoms with Gasteiger partial charge in [0.2, 0.25) is 5.91 Å². The van der Waals surface area contributed by atoms with Gasteiger partial charge in [0.15, 0.2) is 0 Å². The molecule has 234 valence electrons. The van der Waals surface area contributed by atoms with E-state index in [1.807, 2.05) is 73.6 Å². The highest BCUT2D eigenvalue weighted by Gasteiger charge is 2.39. The van der Waals surface area contributed by atoms with Gasteiger partial charge in [-0.3, -0.25) is 4.79 Å². The lowest BCUT2D eigenvalue weighted by Gasteiger charge is -2.45. The second-order valence-electron chi connectivity index (χ2n) is 13.2. The fourth-order valence-corrected chi connectivity index (χ4v) is 7.57.